The summed E-state index contributed by atoms with van der Waals surface area (Å²) < 4.78 is 0. The van der Waals surface area contributed by atoms with Gasteiger partial charge in [0, 0.05) is 19.8 Å². The van der Waals surface area contributed by atoms with E-state index in [1.165, 1.54) is 6.20 Å². The van der Waals surface area contributed by atoms with Gasteiger partial charge in [-0.2, -0.15) is 5.26 Å². The molecule has 0 aromatic carbocycles. The molecule has 0 aliphatic heterocycles. The lowest BCUT2D eigenvalue weighted by molar-refractivity contribution is -0.119. The van der Waals surface area contributed by atoms with Crippen molar-refractivity contribution in [2.45, 2.75) is 13.8 Å². The van der Waals surface area contributed by atoms with E-state index in [-0.39, 0.29) is 12.5 Å². The molecule has 19 heavy (non-hydrogen) atoms. The van der Waals surface area contributed by atoms with Crippen LogP contribution >= 0.6 is 0 Å². The van der Waals surface area contributed by atoms with Crippen molar-refractivity contribution in [1.82, 2.24) is 10.3 Å². The number of pyridine rings is 1. The van der Waals surface area contributed by atoms with E-state index in [0.717, 1.165) is 0 Å². The Labute approximate surface area is 113 Å². The van der Waals surface area contributed by atoms with Gasteiger partial charge in [-0.05, 0) is 12.0 Å². The number of nitrogens with one attached hydrogen (secondary N) is 1. The summed E-state index contributed by atoms with van der Waals surface area (Å²) >= 11 is 0. The number of carbonyl (C=O) groups excluding carboxylic acids is 1. The van der Waals surface area contributed by atoms with E-state index < -0.39 is 0 Å². The van der Waals surface area contributed by atoms with Crippen molar-refractivity contribution < 1.29 is 4.79 Å². The normalized spacial score (nSPS) is 10.1. The monoisotopic (exact) mass is 261 g/mol. The number of anilines is 2. The van der Waals surface area contributed by atoms with Gasteiger partial charge in [-0.15, -0.1) is 0 Å². The summed E-state index contributed by atoms with van der Waals surface area (Å²) in [7, 11) is 1.74. The number of nitrogens with two attached hydrogens (primary N) is 1. The van der Waals surface area contributed by atoms with Gasteiger partial charge in [0.1, 0.15) is 6.07 Å². The van der Waals surface area contributed by atoms with Crippen molar-refractivity contribution in [2.24, 2.45) is 5.92 Å². The second kappa shape index (κ2) is 6.59. The van der Waals surface area contributed by atoms with Crippen LogP contribution in [0.2, 0.25) is 0 Å². The molecule has 0 aliphatic carbocycles. The van der Waals surface area contributed by atoms with Crippen LogP contribution in [0.1, 0.15) is 19.4 Å². The van der Waals surface area contributed by atoms with Crippen LogP contribution in [-0.4, -0.2) is 31.0 Å². The number of amides is 1. The van der Waals surface area contributed by atoms with Gasteiger partial charge in [0.25, 0.3) is 0 Å². The average Bonchev–Trinajstić information content (AvgIpc) is 2.35. The number of rotatable bonds is 5. The highest BCUT2D eigenvalue weighted by molar-refractivity contribution is 5.82. The van der Waals surface area contributed by atoms with E-state index in [1.54, 1.807) is 18.0 Å². The zero-order valence-electron chi connectivity index (χ0n) is 11.5. The Kier molecular flexibility index (Phi) is 5.12. The van der Waals surface area contributed by atoms with E-state index in [2.05, 4.69) is 10.3 Å². The first-order valence-corrected chi connectivity index (χ1v) is 6.07. The average molecular weight is 261 g/mol. The van der Waals surface area contributed by atoms with Gasteiger partial charge in [-0.3, -0.25) is 4.79 Å². The first-order chi connectivity index (χ1) is 8.93. The van der Waals surface area contributed by atoms with E-state index in [1.807, 2.05) is 19.9 Å². The van der Waals surface area contributed by atoms with Crippen LogP contribution < -0.4 is 16.0 Å². The standard InChI is InChI=1S/C13H19N5O/c1-9(2)6-16-12(19)8-18(3)13-11(15)4-10(5-14)7-17-13/h4,7,9H,6,8,15H2,1-3H3,(H,16,19). The predicted molar refractivity (Wildman–Crippen MR) is 74.5 cm³/mol. The number of likely N-dealkylation sites (N-methyl/N-ethyl adjacent to an activating group) is 1. The Morgan fingerprint density at radius 3 is 2.84 bits per heavy atom. The van der Waals surface area contributed by atoms with Crippen LogP contribution in [0.3, 0.4) is 0 Å². The maximum atomic E-state index is 11.7. The predicted octanol–water partition coefficient (Wildman–Crippen LogP) is 0.744. The first kappa shape index (κ1) is 14.8. The molecule has 1 heterocycles. The molecule has 6 nitrogen and oxygen atoms in total. The molecule has 0 atom stereocenters. The highest BCUT2D eigenvalue weighted by Gasteiger charge is 2.12. The van der Waals surface area contributed by atoms with Gasteiger partial charge in [0.05, 0.1) is 17.8 Å². The van der Waals surface area contributed by atoms with Crippen LogP contribution in [0.5, 0.6) is 0 Å². The van der Waals surface area contributed by atoms with Gasteiger partial charge in [-0.25, -0.2) is 4.98 Å². The molecule has 0 bridgehead atoms. The molecule has 0 spiro atoms. The molecular weight excluding hydrogens is 242 g/mol. The quantitative estimate of drug-likeness (QED) is 0.815. The molecule has 0 saturated heterocycles. The SMILES string of the molecule is CC(C)CNC(=O)CN(C)c1ncc(C#N)cc1N. The van der Waals surface area contributed by atoms with Gasteiger partial charge < -0.3 is 16.0 Å². The third kappa shape index (κ3) is 4.47. The molecule has 1 rings (SSSR count). The fourth-order valence-corrected chi connectivity index (χ4v) is 1.52. The summed E-state index contributed by atoms with van der Waals surface area (Å²) in [4.78, 5) is 17.4. The minimum absolute atomic E-state index is 0.0817. The summed E-state index contributed by atoms with van der Waals surface area (Å²) in [5.41, 5.74) is 6.60. The molecule has 3 N–H and O–H groups in total. The Morgan fingerprint density at radius 2 is 2.32 bits per heavy atom. The third-order valence-corrected chi connectivity index (χ3v) is 2.47. The van der Waals surface area contributed by atoms with Crippen molar-refractivity contribution in [3.05, 3.63) is 17.8 Å². The molecule has 0 aliphatic rings. The lowest BCUT2D eigenvalue weighted by atomic mass is 10.2. The number of nitrogen functional groups attached to an aromatic ring is 1. The van der Waals surface area contributed by atoms with E-state index in [9.17, 15) is 4.79 Å². The van der Waals surface area contributed by atoms with E-state index in [4.69, 9.17) is 11.0 Å². The summed E-state index contributed by atoms with van der Waals surface area (Å²) in [5, 5.41) is 11.6. The smallest absolute Gasteiger partial charge is 0.239 e. The van der Waals surface area contributed by atoms with E-state index >= 15 is 0 Å². The summed E-state index contributed by atoms with van der Waals surface area (Å²) in [6.45, 7) is 4.88. The summed E-state index contributed by atoms with van der Waals surface area (Å²) in [5.74, 6) is 0.827. The minimum atomic E-state index is -0.0817. The fourth-order valence-electron chi connectivity index (χ4n) is 1.52. The molecule has 1 aromatic heterocycles. The number of nitrogens with zero attached hydrogens (tertiary/aromatic N) is 3. The molecule has 0 unspecified atom stereocenters. The Hall–Kier alpha value is -2.29. The fraction of sp³-hybridized carbons (Fsp3) is 0.462. The molecule has 1 amide bonds. The van der Waals surface area contributed by atoms with Gasteiger partial charge >= 0.3 is 0 Å². The molecule has 1 aromatic rings. The minimum Gasteiger partial charge on any atom is -0.396 e. The lowest BCUT2D eigenvalue weighted by Gasteiger charge is -2.19. The topological polar surface area (TPSA) is 95.0 Å². The van der Waals surface area contributed by atoms with E-state index in [0.29, 0.717) is 29.5 Å². The van der Waals surface area contributed by atoms with Crippen molar-refractivity contribution >= 4 is 17.4 Å². The molecule has 6 heteroatoms. The van der Waals surface area contributed by atoms with Crippen molar-refractivity contribution in [2.75, 3.05) is 30.8 Å². The van der Waals surface area contributed by atoms with Crippen LogP contribution in [0.4, 0.5) is 11.5 Å². The third-order valence-electron chi connectivity index (χ3n) is 2.47. The second-order valence-electron chi connectivity index (χ2n) is 4.80. The Morgan fingerprint density at radius 1 is 1.63 bits per heavy atom. The molecule has 0 fully saturated rings. The molecule has 0 radical (unpaired) electrons. The number of aromatic nitrogens is 1. The number of hydrogen-bond acceptors (Lipinski definition) is 5. The number of hydrogen-bond donors (Lipinski definition) is 2. The maximum Gasteiger partial charge on any atom is 0.239 e. The largest absolute Gasteiger partial charge is 0.396 e. The van der Waals surface area contributed by atoms with Crippen LogP contribution in [0, 0.1) is 17.2 Å². The highest BCUT2D eigenvalue weighted by atomic mass is 16.2. The lowest BCUT2D eigenvalue weighted by Crippen LogP contribution is -2.37. The summed E-state index contributed by atoms with van der Waals surface area (Å²) in [6.07, 6.45) is 1.44. The Balaban J connectivity index is 2.66. The Bertz CT molecular complexity index is 492. The number of nitriles is 1. The van der Waals surface area contributed by atoms with Crippen LogP contribution in [0.15, 0.2) is 12.3 Å². The van der Waals surface area contributed by atoms with Crippen LogP contribution in [0.25, 0.3) is 0 Å². The van der Waals surface area contributed by atoms with Crippen molar-refractivity contribution in [1.29, 1.82) is 5.26 Å². The number of carbonyl (C=O) groups is 1. The summed E-state index contributed by atoms with van der Waals surface area (Å²) in [6, 6.07) is 3.51. The van der Waals surface area contributed by atoms with Crippen molar-refractivity contribution in [3.63, 3.8) is 0 Å². The second-order valence-corrected chi connectivity index (χ2v) is 4.80. The van der Waals surface area contributed by atoms with Gasteiger partial charge in [0.15, 0.2) is 5.82 Å². The van der Waals surface area contributed by atoms with Crippen molar-refractivity contribution in [3.8, 4) is 6.07 Å². The molecule has 0 saturated carbocycles. The van der Waals surface area contributed by atoms with Crippen LogP contribution in [-0.2, 0) is 4.79 Å². The van der Waals surface area contributed by atoms with Gasteiger partial charge in [-0.1, -0.05) is 13.8 Å². The molecule has 102 valence electrons. The maximum absolute atomic E-state index is 11.7. The highest BCUT2D eigenvalue weighted by Crippen LogP contribution is 2.19. The zero-order valence-corrected chi connectivity index (χ0v) is 11.5. The zero-order chi connectivity index (χ0) is 14.4. The molecular formula is C13H19N5O. The van der Waals surface area contributed by atoms with Gasteiger partial charge in [0.2, 0.25) is 5.91 Å². The first-order valence-electron chi connectivity index (χ1n) is 6.07.